The first kappa shape index (κ1) is 15.4. The summed E-state index contributed by atoms with van der Waals surface area (Å²) in [6, 6.07) is 6.09. The Labute approximate surface area is 115 Å². The van der Waals surface area contributed by atoms with Gasteiger partial charge in [-0.05, 0) is 43.9 Å². The van der Waals surface area contributed by atoms with Gasteiger partial charge in [0.1, 0.15) is 0 Å². The van der Waals surface area contributed by atoms with Crippen molar-refractivity contribution in [3.8, 4) is 0 Å². The maximum Gasteiger partial charge on any atom is 0.244 e. The lowest BCUT2D eigenvalue weighted by Gasteiger charge is -2.18. The van der Waals surface area contributed by atoms with Gasteiger partial charge in [0.25, 0.3) is 0 Å². The Morgan fingerprint density at radius 2 is 2.05 bits per heavy atom. The monoisotopic (exact) mass is 261 g/mol. The highest BCUT2D eigenvalue weighted by molar-refractivity contribution is 5.92. The fourth-order valence-corrected chi connectivity index (χ4v) is 1.75. The summed E-state index contributed by atoms with van der Waals surface area (Å²) in [5.74, 6) is -0.0776. The van der Waals surface area contributed by atoms with Gasteiger partial charge in [-0.25, -0.2) is 0 Å². The molecule has 0 aliphatic heterocycles. The van der Waals surface area contributed by atoms with E-state index in [1.165, 1.54) is 11.6 Å². The van der Waals surface area contributed by atoms with Gasteiger partial charge in [-0.1, -0.05) is 30.7 Å². The predicted molar refractivity (Wildman–Crippen MR) is 78.8 cm³/mol. The molecule has 0 saturated carbocycles. The van der Waals surface area contributed by atoms with E-state index in [2.05, 4.69) is 11.4 Å². The smallest absolute Gasteiger partial charge is 0.244 e. The van der Waals surface area contributed by atoms with E-state index >= 15 is 0 Å². The summed E-state index contributed by atoms with van der Waals surface area (Å²) in [6.45, 7) is 7.94. The second-order valence-electron chi connectivity index (χ2n) is 5.15. The molecule has 0 aliphatic carbocycles. The molecule has 1 amide bonds. The fourth-order valence-electron chi connectivity index (χ4n) is 1.75. The van der Waals surface area contributed by atoms with Crippen molar-refractivity contribution < 1.29 is 9.90 Å². The molecule has 2 unspecified atom stereocenters. The quantitative estimate of drug-likeness (QED) is 0.800. The molecule has 1 rings (SSSR count). The van der Waals surface area contributed by atoms with Crippen LogP contribution in [-0.4, -0.2) is 23.7 Å². The summed E-state index contributed by atoms with van der Waals surface area (Å²) >= 11 is 0. The number of aryl methyl sites for hydroxylation is 2. The Morgan fingerprint density at radius 3 is 2.63 bits per heavy atom. The molecular weight excluding hydrogens is 238 g/mol. The van der Waals surface area contributed by atoms with Crippen LogP contribution in [0.25, 0.3) is 6.08 Å². The van der Waals surface area contributed by atoms with E-state index in [9.17, 15) is 4.79 Å². The molecule has 2 N–H and O–H groups in total. The summed E-state index contributed by atoms with van der Waals surface area (Å²) in [5, 5.41) is 11.9. The van der Waals surface area contributed by atoms with E-state index in [1.807, 2.05) is 45.9 Å². The summed E-state index contributed by atoms with van der Waals surface area (Å²) in [5.41, 5.74) is 3.41. The second kappa shape index (κ2) is 7.10. The lowest BCUT2D eigenvalue weighted by Crippen LogP contribution is -2.37. The molecule has 0 radical (unpaired) electrons. The molecule has 1 aromatic rings. The zero-order valence-corrected chi connectivity index (χ0v) is 12.1. The third-order valence-corrected chi connectivity index (χ3v) is 3.35. The van der Waals surface area contributed by atoms with Crippen LogP contribution in [-0.2, 0) is 4.79 Å². The van der Waals surface area contributed by atoms with Crippen molar-refractivity contribution in [3.63, 3.8) is 0 Å². The van der Waals surface area contributed by atoms with Gasteiger partial charge < -0.3 is 10.4 Å². The van der Waals surface area contributed by atoms with Gasteiger partial charge in [0.15, 0.2) is 0 Å². The van der Waals surface area contributed by atoms with Crippen LogP contribution >= 0.6 is 0 Å². The molecule has 0 aliphatic rings. The Balaban J connectivity index is 2.63. The maximum absolute atomic E-state index is 11.7. The van der Waals surface area contributed by atoms with Gasteiger partial charge in [0.2, 0.25) is 5.91 Å². The van der Waals surface area contributed by atoms with E-state index in [-0.39, 0.29) is 24.5 Å². The molecule has 19 heavy (non-hydrogen) atoms. The number of benzene rings is 1. The lowest BCUT2D eigenvalue weighted by molar-refractivity contribution is -0.117. The number of rotatable bonds is 5. The topological polar surface area (TPSA) is 49.3 Å². The molecule has 0 aromatic heterocycles. The fraction of sp³-hybridized carbons (Fsp3) is 0.438. The Morgan fingerprint density at radius 1 is 1.37 bits per heavy atom. The van der Waals surface area contributed by atoms with Crippen molar-refractivity contribution in [3.05, 3.63) is 41.0 Å². The number of nitrogens with one attached hydrogen (secondary N) is 1. The molecule has 2 atom stereocenters. The van der Waals surface area contributed by atoms with Crippen LogP contribution in [0.1, 0.15) is 30.5 Å². The van der Waals surface area contributed by atoms with Gasteiger partial charge >= 0.3 is 0 Å². The van der Waals surface area contributed by atoms with Gasteiger partial charge in [-0.2, -0.15) is 0 Å². The summed E-state index contributed by atoms with van der Waals surface area (Å²) in [6.07, 6.45) is 3.36. The lowest BCUT2D eigenvalue weighted by atomic mass is 10.0. The minimum atomic E-state index is -0.132. The summed E-state index contributed by atoms with van der Waals surface area (Å²) < 4.78 is 0. The molecule has 0 spiro atoms. The molecule has 0 bridgehead atoms. The van der Waals surface area contributed by atoms with Crippen molar-refractivity contribution in [2.24, 2.45) is 5.92 Å². The molecule has 104 valence electrons. The molecule has 3 nitrogen and oxygen atoms in total. The minimum absolute atomic E-state index is 0.0405. The summed E-state index contributed by atoms with van der Waals surface area (Å²) in [7, 11) is 0. The Bertz CT molecular complexity index is 466. The highest BCUT2D eigenvalue weighted by Crippen LogP contribution is 2.12. The first-order valence-electron chi connectivity index (χ1n) is 6.60. The van der Waals surface area contributed by atoms with Crippen molar-refractivity contribution >= 4 is 12.0 Å². The highest BCUT2D eigenvalue weighted by atomic mass is 16.3. The molecule has 3 heteroatoms. The minimum Gasteiger partial charge on any atom is -0.396 e. The first-order chi connectivity index (χ1) is 8.93. The van der Waals surface area contributed by atoms with E-state index in [4.69, 9.17) is 5.11 Å². The van der Waals surface area contributed by atoms with Crippen LogP contribution < -0.4 is 5.32 Å². The van der Waals surface area contributed by atoms with Gasteiger partial charge in [0, 0.05) is 18.7 Å². The third-order valence-electron chi connectivity index (χ3n) is 3.35. The number of hydrogen-bond acceptors (Lipinski definition) is 2. The van der Waals surface area contributed by atoms with Crippen LogP contribution in [0, 0.1) is 19.8 Å². The van der Waals surface area contributed by atoms with E-state index in [0.29, 0.717) is 0 Å². The van der Waals surface area contributed by atoms with Gasteiger partial charge in [0.05, 0.1) is 0 Å². The molecular formula is C16H23NO2. The molecule has 0 fully saturated rings. The molecule has 0 saturated heterocycles. The van der Waals surface area contributed by atoms with Crippen molar-refractivity contribution in [1.82, 2.24) is 5.32 Å². The van der Waals surface area contributed by atoms with Crippen molar-refractivity contribution in [2.75, 3.05) is 6.61 Å². The third kappa shape index (κ3) is 4.87. The zero-order chi connectivity index (χ0) is 14.4. The molecule has 0 heterocycles. The number of carbonyl (C=O) groups is 1. The largest absolute Gasteiger partial charge is 0.396 e. The standard InChI is InChI=1S/C16H23NO2/c1-11-5-6-15(12(2)9-11)7-8-16(19)17-14(4)13(3)10-18/h5-9,13-14,18H,10H2,1-4H3,(H,17,19)/b8-7+. The van der Waals surface area contributed by atoms with Crippen molar-refractivity contribution in [1.29, 1.82) is 0 Å². The van der Waals surface area contributed by atoms with Crippen LogP contribution in [0.2, 0.25) is 0 Å². The predicted octanol–water partition coefficient (Wildman–Crippen LogP) is 2.45. The van der Waals surface area contributed by atoms with E-state index in [1.54, 1.807) is 0 Å². The first-order valence-corrected chi connectivity index (χ1v) is 6.60. The number of aliphatic hydroxyl groups is 1. The van der Waals surface area contributed by atoms with Crippen LogP contribution in [0.15, 0.2) is 24.3 Å². The highest BCUT2D eigenvalue weighted by Gasteiger charge is 2.12. The van der Waals surface area contributed by atoms with E-state index < -0.39 is 0 Å². The average Bonchev–Trinajstić information content (AvgIpc) is 2.36. The van der Waals surface area contributed by atoms with Gasteiger partial charge in [-0.15, -0.1) is 0 Å². The SMILES string of the molecule is Cc1ccc(/C=C/C(=O)NC(C)C(C)CO)c(C)c1. The van der Waals surface area contributed by atoms with E-state index in [0.717, 1.165) is 11.1 Å². The Hall–Kier alpha value is -1.61. The van der Waals surface area contributed by atoms with Crippen LogP contribution in [0.4, 0.5) is 0 Å². The average molecular weight is 261 g/mol. The Kier molecular flexibility index (Phi) is 5.77. The number of amides is 1. The second-order valence-corrected chi connectivity index (χ2v) is 5.15. The van der Waals surface area contributed by atoms with Crippen molar-refractivity contribution in [2.45, 2.75) is 33.7 Å². The number of hydrogen-bond donors (Lipinski definition) is 2. The van der Waals surface area contributed by atoms with Gasteiger partial charge in [-0.3, -0.25) is 4.79 Å². The normalized spacial score (nSPS) is 14.4. The number of carbonyl (C=O) groups excluding carboxylic acids is 1. The number of aliphatic hydroxyl groups excluding tert-OH is 1. The maximum atomic E-state index is 11.7. The van der Waals surface area contributed by atoms with Crippen LogP contribution in [0.5, 0.6) is 0 Å². The molecule has 1 aromatic carbocycles. The summed E-state index contributed by atoms with van der Waals surface area (Å²) in [4.78, 5) is 11.7. The zero-order valence-electron chi connectivity index (χ0n) is 12.1. The van der Waals surface area contributed by atoms with Crippen LogP contribution in [0.3, 0.4) is 0 Å².